The van der Waals surface area contributed by atoms with E-state index >= 15 is 0 Å². The van der Waals surface area contributed by atoms with Crippen molar-refractivity contribution in [3.63, 3.8) is 0 Å². The Morgan fingerprint density at radius 3 is 2.48 bits per heavy atom. The summed E-state index contributed by atoms with van der Waals surface area (Å²) in [5.74, 6) is -0.672. The number of hydrogen-bond acceptors (Lipinski definition) is 6. The number of nitro groups is 1. The molecule has 0 aliphatic heterocycles. The Kier molecular flexibility index (Phi) is 5.88. The van der Waals surface area contributed by atoms with Crippen LogP contribution in [-0.4, -0.2) is 28.5 Å². The molecule has 0 aliphatic carbocycles. The molecule has 0 spiro atoms. The number of methoxy groups -OCH3 is 1. The summed E-state index contributed by atoms with van der Waals surface area (Å²) in [7, 11) is 1.30. The topological polar surface area (TPSA) is 104 Å². The molecule has 0 bridgehead atoms. The monoisotopic (exact) mass is 413 g/mol. The normalized spacial score (nSPS) is 11.8. The van der Waals surface area contributed by atoms with Gasteiger partial charge in [-0.2, -0.15) is 4.99 Å². The second kappa shape index (κ2) is 8.36. The number of aromatic nitrogens is 1. The van der Waals surface area contributed by atoms with Crippen molar-refractivity contribution >= 4 is 39.1 Å². The lowest BCUT2D eigenvalue weighted by atomic mass is 10.0. The standard InChI is InChI=1S/C20H19N3O5S/c1-12(2)14-6-9-16-17(10-14)29-20(22(16)11-18(24)28-3)21-19(25)13-4-7-15(8-5-13)23(26)27/h4-10,12H,11H2,1-3H3. The quantitative estimate of drug-likeness (QED) is 0.361. The van der Waals surface area contributed by atoms with Crippen LogP contribution in [0.15, 0.2) is 47.5 Å². The van der Waals surface area contributed by atoms with Crippen LogP contribution in [0.2, 0.25) is 0 Å². The maximum Gasteiger partial charge on any atom is 0.325 e. The van der Waals surface area contributed by atoms with Gasteiger partial charge in [-0.05, 0) is 35.7 Å². The number of rotatable bonds is 5. The number of hydrogen-bond donors (Lipinski definition) is 0. The van der Waals surface area contributed by atoms with Crippen molar-refractivity contribution in [3.8, 4) is 0 Å². The minimum atomic E-state index is -0.547. The summed E-state index contributed by atoms with van der Waals surface area (Å²) in [6.45, 7) is 4.09. The predicted octanol–water partition coefficient (Wildman–Crippen LogP) is 3.65. The minimum absolute atomic E-state index is 0.0795. The Balaban J connectivity index is 2.10. The third-order valence-corrected chi connectivity index (χ3v) is 5.45. The minimum Gasteiger partial charge on any atom is -0.468 e. The number of carbonyl (C=O) groups excluding carboxylic acids is 2. The molecule has 1 aromatic heterocycles. The molecule has 0 fully saturated rings. The summed E-state index contributed by atoms with van der Waals surface area (Å²) >= 11 is 1.30. The van der Waals surface area contributed by atoms with Crippen molar-refractivity contribution in [2.75, 3.05) is 7.11 Å². The number of carbonyl (C=O) groups is 2. The van der Waals surface area contributed by atoms with Gasteiger partial charge in [0, 0.05) is 17.7 Å². The van der Waals surface area contributed by atoms with E-state index in [1.54, 1.807) is 4.57 Å². The van der Waals surface area contributed by atoms with E-state index in [1.807, 2.05) is 18.2 Å². The zero-order chi connectivity index (χ0) is 21.1. The van der Waals surface area contributed by atoms with Crippen molar-refractivity contribution < 1.29 is 19.2 Å². The van der Waals surface area contributed by atoms with E-state index < -0.39 is 16.8 Å². The van der Waals surface area contributed by atoms with Gasteiger partial charge in [0.25, 0.3) is 11.6 Å². The van der Waals surface area contributed by atoms with E-state index in [0.29, 0.717) is 10.7 Å². The highest BCUT2D eigenvalue weighted by molar-refractivity contribution is 7.16. The smallest absolute Gasteiger partial charge is 0.325 e. The molecule has 0 N–H and O–H groups in total. The first-order valence-corrected chi connectivity index (χ1v) is 9.65. The summed E-state index contributed by atoms with van der Waals surface area (Å²) in [6.07, 6.45) is 0. The van der Waals surface area contributed by atoms with Gasteiger partial charge < -0.3 is 9.30 Å². The fourth-order valence-corrected chi connectivity index (χ4v) is 3.83. The summed E-state index contributed by atoms with van der Waals surface area (Å²) in [6, 6.07) is 11.1. The lowest BCUT2D eigenvalue weighted by molar-refractivity contribution is -0.384. The number of fused-ring (bicyclic) bond motifs is 1. The molecule has 0 aliphatic rings. The molecule has 0 atom stereocenters. The molecule has 2 aromatic carbocycles. The third kappa shape index (κ3) is 4.40. The molecule has 3 aromatic rings. The molecular formula is C20H19N3O5S. The van der Waals surface area contributed by atoms with Gasteiger partial charge in [-0.15, -0.1) is 0 Å². The number of benzene rings is 2. The molecule has 0 saturated carbocycles. The molecule has 150 valence electrons. The third-order valence-electron chi connectivity index (χ3n) is 4.41. The van der Waals surface area contributed by atoms with Gasteiger partial charge in [0.05, 0.1) is 22.2 Å². The molecule has 9 heteroatoms. The van der Waals surface area contributed by atoms with Crippen molar-refractivity contribution in [2.45, 2.75) is 26.3 Å². The lowest BCUT2D eigenvalue weighted by Gasteiger charge is -2.06. The van der Waals surface area contributed by atoms with Crippen LogP contribution >= 0.6 is 11.3 Å². The fourth-order valence-electron chi connectivity index (χ4n) is 2.76. The molecule has 3 rings (SSSR count). The summed E-state index contributed by atoms with van der Waals surface area (Å²) < 4.78 is 7.31. The van der Waals surface area contributed by atoms with Crippen molar-refractivity contribution in [1.82, 2.24) is 4.57 Å². The van der Waals surface area contributed by atoms with Gasteiger partial charge in [0.2, 0.25) is 0 Å². The van der Waals surface area contributed by atoms with Crippen molar-refractivity contribution in [2.24, 2.45) is 4.99 Å². The molecule has 0 unspecified atom stereocenters. The van der Waals surface area contributed by atoms with E-state index in [4.69, 9.17) is 4.74 Å². The number of nitro benzene ring substituents is 1. The van der Waals surface area contributed by atoms with Gasteiger partial charge in [0.15, 0.2) is 4.80 Å². The van der Waals surface area contributed by atoms with E-state index in [-0.39, 0.29) is 17.8 Å². The summed E-state index contributed by atoms with van der Waals surface area (Å²) in [5, 5.41) is 10.8. The van der Waals surface area contributed by atoms with E-state index in [0.717, 1.165) is 15.8 Å². The van der Waals surface area contributed by atoms with Gasteiger partial charge in [-0.1, -0.05) is 31.3 Å². The van der Waals surface area contributed by atoms with Crippen LogP contribution in [0.5, 0.6) is 0 Å². The van der Waals surface area contributed by atoms with E-state index in [9.17, 15) is 19.7 Å². The van der Waals surface area contributed by atoms with Crippen LogP contribution in [0.25, 0.3) is 10.2 Å². The van der Waals surface area contributed by atoms with Crippen LogP contribution < -0.4 is 4.80 Å². The Morgan fingerprint density at radius 1 is 1.21 bits per heavy atom. The zero-order valence-corrected chi connectivity index (χ0v) is 16.9. The maximum atomic E-state index is 12.6. The SMILES string of the molecule is COC(=O)Cn1c(=NC(=O)c2ccc([N+](=O)[O-])cc2)sc2cc(C(C)C)ccc21. The highest BCUT2D eigenvalue weighted by Crippen LogP contribution is 2.24. The number of thiazole rings is 1. The van der Waals surface area contributed by atoms with Crippen LogP contribution in [0.4, 0.5) is 5.69 Å². The molecule has 29 heavy (non-hydrogen) atoms. The summed E-state index contributed by atoms with van der Waals surface area (Å²) in [4.78, 5) is 39.2. The fraction of sp³-hybridized carbons (Fsp3) is 0.250. The first-order valence-electron chi connectivity index (χ1n) is 8.83. The van der Waals surface area contributed by atoms with Crippen LogP contribution in [0, 0.1) is 10.1 Å². The highest BCUT2D eigenvalue weighted by atomic mass is 32.1. The first-order chi connectivity index (χ1) is 13.8. The Bertz CT molecular complexity index is 1160. The number of nitrogens with zero attached hydrogens (tertiary/aromatic N) is 3. The Hall–Kier alpha value is -3.33. The number of ether oxygens (including phenoxy) is 1. The van der Waals surface area contributed by atoms with Crippen LogP contribution in [-0.2, 0) is 16.1 Å². The maximum absolute atomic E-state index is 12.6. The molecule has 8 nitrogen and oxygen atoms in total. The molecular weight excluding hydrogens is 394 g/mol. The second-order valence-electron chi connectivity index (χ2n) is 6.65. The average Bonchev–Trinajstić information content (AvgIpc) is 3.03. The molecule has 1 heterocycles. The van der Waals surface area contributed by atoms with Gasteiger partial charge in [0.1, 0.15) is 6.54 Å². The molecule has 1 amide bonds. The Labute approximate surface area is 170 Å². The first kappa shape index (κ1) is 20.4. The molecule has 0 radical (unpaired) electrons. The van der Waals surface area contributed by atoms with Gasteiger partial charge in [-0.3, -0.25) is 19.7 Å². The number of esters is 1. The Morgan fingerprint density at radius 2 is 1.90 bits per heavy atom. The van der Waals surface area contributed by atoms with Crippen molar-refractivity contribution in [1.29, 1.82) is 0 Å². The number of amides is 1. The highest BCUT2D eigenvalue weighted by Gasteiger charge is 2.14. The number of non-ortho nitro benzene ring substituents is 1. The summed E-state index contributed by atoms with van der Waals surface area (Å²) in [5.41, 5.74) is 2.03. The van der Waals surface area contributed by atoms with Gasteiger partial charge >= 0.3 is 5.97 Å². The predicted molar refractivity (Wildman–Crippen MR) is 109 cm³/mol. The van der Waals surface area contributed by atoms with Crippen LogP contribution in [0.3, 0.4) is 0 Å². The lowest BCUT2D eigenvalue weighted by Crippen LogP contribution is -2.22. The van der Waals surface area contributed by atoms with E-state index in [1.165, 1.54) is 42.7 Å². The average molecular weight is 413 g/mol. The largest absolute Gasteiger partial charge is 0.468 e. The van der Waals surface area contributed by atoms with Gasteiger partial charge in [-0.25, -0.2) is 0 Å². The van der Waals surface area contributed by atoms with E-state index in [2.05, 4.69) is 18.8 Å². The van der Waals surface area contributed by atoms with Crippen molar-refractivity contribution in [3.05, 3.63) is 68.5 Å². The second-order valence-corrected chi connectivity index (χ2v) is 7.66. The zero-order valence-electron chi connectivity index (χ0n) is 16.1. The van der Waals surface area contributed by atoms with Crippen LogP contribution in [0.1, 0.15) is 35.7 Å². The molecule has 0 saturated heterocycles.